The molecule has 0 aromatic rings. The summed E-state index contributed by atoms with van der Waals surface area (Å²) < 4.78 is 0. The highest BCUT2D eigenvalue weighted by molar-refractivity contribution is 5.81. The van der Waals surface area contributed by atoms with Crippen LogP contribution in [-0.4, -0.2) is 29.1 Å². The quantitative estimate of drug-likeness (QED) is 0.584. The van der Waals surface area contributed by atoms with E-state index in [1.807, 2.05) is 13.8 Å². The van der Waals surface area contributed by atoms with E-state index in [-0.39, 0.29) is 17.9 Å². The summed E-state index contributed by atoms with van der Waals surface area (Å²) in [5, 5.41) is 11.6. The first-order valence-electron chi connectivity index (χ1n) is 6.67. The number of hydrogen-bond acceptors (Lipinski definition) is 3. The molecule has 0 aromatic carbocycles. The topological polar surface area (TPSA) is 92.4 Å². The average molecular weight is 258 g/mol. The molecule has 0 aliphatic heterocycles. The number of hydrogen-bond donors (Lipinski definition) is 3. The van der Waals surface area contributed by atoms with Crippen molar-refractivity contribution in [1.82, 2.24) is 5.32 Å². The minimum absolute atomic E-state index is 0.0430. The Morgan fingerprint density at radius 1 is 1.22 bits per heavy atom. The number of aliphatic carboxylic acids is 1. The van der Waals surface area contributed by atoms with Crippen LogP contribution in [-0.2, 0) is 9.59 Å². The fourth-order valence-corrected chi connectivity index (χ4v) is 1.72. The van der Waals surface area contributed by atoms with Gasteiger partial charge in [0.05, 0.1) is 12.0 Å². The van der Waals surface area contributed by atoms with Crippen molar-refractivity contribution in [2.45, 2.75) is 65.0 Å². The molecule has 2 unspecified atom stereocenters. The van der Waals surface area contributed by atoms with Crippen molar-refractivity contribution < 1.29 is 14.7 Å². The zero-order valence-electron chi connectivity index (χ0n) is 11.6. The van der Waals surface area contributed by atoms with E-state index in [2.05, 4.69) is 5.32 Å². The lowest BCUT2D eigenvalue weighted by Gasteiger charge is -2.17. The van der Waals surface area contributed by atoms with Gasteiger partial charge in [0.15, 0.2) is 0 Å². The molecule has 0 aliphatic carbocycles. The van der Waals surface area contributed by atoms with Gasteiger partial charge >= 0.3 is 5.97 Å². The molecular formula is C13H26N2O3. The van der Waals surface area contributed by atoms with Gasteiger partial charge in [0.1, 0.15) is 0 Å². The maximum absolute atomic E-state index is 11.6. The van der Waals surface area contributed by atoms with Gasteiger partial charge in [-0.1, -0.05) is 26.7 Å². The van der Waals surface area contributed by atoms with Gasteiger partial charge in [-0.2, -0.15) is 0 Å². The van der Waals surface area contributed by atoms with Crippen LogP contribution in [0.5, 0.6) is 0 Å². The van der Waals surface area contributed by atoms with Crippen LogP contribution in [0.15, 0.2) is 0 Å². The monoisotopic (exact) mass is 258 g/mol. The summed E-state index contributed by atoms with van der Waals surface area (Å²) in [7, 11) is 0. The van der Waals surface area contributed by atoms with Crippen molar-refractivity contribution in [1.29, 1.82) is 0 Å². The third kappa shape index (κ3) is 7.27. The minimum atomic E-state index is -0.767. The number of carbonyl (C=O) groups excluding carboxylic acids is 1. The number of nitrogens with one attached hydrogen (secondary N) is 1. The van der Waals surface area contributed by atoms with Crippen molar-refractivity contribution in [2.24, 2.45) is 11.7 Å². The molecule has 18 heavy (non-hydrogen) atoms. The number of carboxylic acid groups (broad SMARTS) is 1. The van der Waals surface area contributed by atoms with Crippen LogP contribution in [0, 0.1) is 5.92 Å². The average Bonchev–Trinajstić information content (AvgIpc) is 2.28. The SMILES string of the molecule is CCC[C@H](N)C(=O)NC(C)CCCC(C)C(=O)O. The van der Waals surface area contributed by atoms with Crippen LogP contribution in [0.2, 0.25) is 0 Å². The Morgan fingerprint density at radius 3 is 2.33 bits per heavy atom. The summed E-state index contributed by atoms with van der Waals surface area (Å²) in [5.41, 5.74) is 5.70. The van der Waals surface area contributed by atoms with Crippen molar-refractivity contribution in [3.8, 4) is 0 Å². The third-order valence-electron chi connectivity index (χ3n) is 3.02. The smallest absolute Gasteiger partial charge is 0.306 e. The molecular weight excluding hydrogens is 232 g/mol. The number of carbonyl (C=O) groups is 2. The molecule has 0 bridgehead atoms. The summed E-state index contributed by atoms with van der Waals surface area (Å²) in [6.45, 7) is 5.61. The first kappa shape index (κ1) is 16.9. The lowest BCUT2D eigenvalue weighted by atomic mass is 10.0. The lowest BCUT2D eigenvalue weighted by Crippen LogP contribution is -2.44. The van der Waals surface area contributed by atoms with Crippen LogP contribution in [0.25, 0.3) is 0 Å². The Hall–Kier alpha value is -1.10. The van der Waals surface area contributed by atoms with Crippen LogP contribution in [0.4, 0.5) is 0 Å². The molecule has 0 heterocycles. The van der Waals surface area contributed by atoms with Crippen molar-refractivity contribution in [3.63, 3.8) is 0 Å². The Bertz CT molecular complexity index is 269. The van der Waals surface area contributed by atoms with E-state index >= 15 is 0 Å². The predicted octanol–water partition coefficient (Wildman–Crippen LogP) is 1.51. The zero-order valence-corrected chi connectivity index (χ0v) is 11.6. The number of nitrogens with two attached hydrogens (primary N) is 1. The van der Waals surface area contributed by atoms with E-state index in [1.54, 1.807) is 6.92 Å². The fourth-order valence-electron chi connectivity index (χ4n) is 1.72. The van der Waals surface area contributed by atoms with E-state index in [1.165, 1.54) is 0 Å². The van der Waals surface area contributed by atoms with Gasteiger partial charge in [-0.3, -0.25) is 9.59 Å². The van der Waals surface area contributed by atoms with Crippen LogP contribution in [0.1, 0.15) is 52.9 Å². The molecule has 4 N–H and O–H groups in total. The zero-order chi connectivity index (χ0) is 14.1. The molecule has 0 aliphatic rings. The summed E-state index contributed by atoms with van der Waals surface area (Å²) >= 11 is 0. The molecule has 3 atom stereocenters. The van der Waals surface area contributed by atoms with Gasteiger partial charge in [-0.05, 0) is 26.2 Å². The normalized spacial score (nSPS) is 15.8. The highest BCUT2D eigenvalue weighted by atomic mass is 16.4. The third-order valence-corrected chi connectivity index (χ3v) is 3.02. The number of rotatable bonds is 9. The number of amides is 1. The summed E-state index contributed by atoms with van der Waals surface area (Å²) in [6, 6.07) is -0.392. The lowest BCUT2D eigenvalue weighted by molar-refractivity contribution is -0.141. The molecule has 0 saturated heterocycles. The van der Waals surface area contributed by atoms with Crippen LogP contribution < -0.4 is 11.1 Å². The predicted molar refractivity (Wildman–Crippen MR) is 71.1 cm³/mol. The van der Waals surface area contributed by atoms with E-state index in [0.29, 0.717) is 12.8 Å². The first-order chi connectivity index (χ1) is 8.38. The number of carboxylic acids is 1. The van der Waals surface area contributed by atoms with E-state index in [4.69, 9.17) is 10.8 Å². The largest absolute Gasteiger partial charge is 0.481 e. The van der Waals surface area contributed by atoms with Gasteiger partial charge in [-0.15, -0.1) is 0 Å². The highest BCUT2D eigenvalue weighted by Gasteiger charge is 2.15. The minimum Gasteiger partial charge on any atom is -0.481 e. The molecule has 0 rings (SSSR count). The summed E-state index contributed by atoms with van der Waals surface area (Å²) in [4.78, 5) is 22.2. The maximum atomic E-state index is 11.6. The summed E-state index contributed by atoms with van der Waals surface area (Å²) in [5.74, 6) is -1.21. The highest BCUT2D eigenvalue weighted by Crippen LogP contribution is 2.09. The Morgan fingerprint density at radius 2 is 1.83 bits per heavy atom. The van der Waals surface area contributed by atoms with Crippen molar-refractivity contribution >= 4 is 11.9 Å². The molecule has 0 radical (unpaired) electrons. The van der Waals surface area contributed by atoms with Gasteiger partial charge in [0, 0.05) is 6.04 Å². The van der Waals surface area contributed by atoms with Crippen LogP contribution >= 0.6 is 0 Å². The second kappa shape index (κ2) is 8.91. The van der Waals surface area contributed by atoms with E-state index < -0.39 is 12.0 Å². The van der Waals surface area contributed by atoms with Gasteiger partial charge in [-0.25, -0.2) is 0 Å². The molecule has 0 fully saturated rings. The van der Waals surface area contributed by atoms with Gasteiger partial charge in [0.2, 0.25) is 5.91 Å². The first-order valence-corrected chi connectivity index (χ1v) is 6.67. The Balaban J connectivity index is 3.80. The molecule has 0 aromatic heterocycles. The Labute approximate surface area is 109 Å². The Kier molecular flexibility index (Phi) is 8.37. The second-order valence-electron chi connectivity index (χ2n) is 4.97. The molecule has 106 valence electrons. The molecule has 5 heteroatoms. The molecule has 0 saturated carbocycles. The maximum Gasteiger partial charge on any atom is 0.306 e. The molecule has 1 amide bonds. The van der Waals surface area contributed by atoms with Gasteiger partial charge < -0.3 is 16.2 Å². The van der Waals surface area contributed by atoms with Gasteiger partial charge in [0.25, 0.3) is 0 Å². The standard InChI is InChI=1S/C13H26N2O3/c1-4-6-11(14)12(16)15-10(3)8-5-7-9(2)13(17)18/h9-11H,4-8,14H2,1-3H3,(H,15,16)(H,17,18)/t9?,10?,11-/m0/s1. The fraction of sp³-hybridized carbons (Fsp3) is 0.846. The van der Waals surface area contributed by atoms with Crippen LogP contribution in [0.3, 0.4) is 0 Å². The molecule has 5 nitrogen and oxygen atoms in total. The van der Waals surface area contributed by atoms with E-state index in [0.717, 1.165) is 19.3 Å². The summed E-state index contributed by atoms with van der Waals surface area (Å²) in [6.07, 6.45) is 3.78. The van der Waals surface area contributed by atoms with Crippen molar-refractivity contribution in [3.05, 3.63) is 0 Å². The second-order valence-corrected chi connectivity index (χ2v) is 4.97. The van der Waals surface area contributed by atoms with E-state index in [9.17, 15) is 9.59 Å². The molecule has 0 spiro atoms. The van der Waals surface area contributed by atoms with Crippen molar-refractivity contribution in [2.75, 3.05) is 0 Å².